The molecule has 5 nitrogen and oxygen atoms in total. The molecule has 0 spiro atoms. The van der Waals surface area contributed by atoms with E-state index in [1.165, 1.54) is 12.7 Å². The number of hydrogen-bond acceptors (Lipinski definition) is 5. The monoisotopic (exact) mass is 425 g/mol. The highest BCUT2D eigenvalue weighted by Gasteiger charge is 2.38. The summed E-state index contributed by atoms with van der Waals surface area (Å²) in [6.07, 6.45) is 5.44. The standard InChI is InChI=1S/C27H23NO4/c1-31-27(30)21-10-5-6-13-24(21)32-26(29)18-14-15-23-22(16-18)19-11-7-12-20(19)25(28-23)17-8-3-2-4-9-17/h2-11,13-16,19-20,25,28H,12H2,1H3/t19-,20+,25+/m1/s1. The van der Waals surface area contributed by atoms with Gasteiger partial charge in [0.1, 0.15) is 11.3 Å². The van der Waals surface area contributed by atoms with Gasteiger partial charge in [-0.25, -0.2) is 9.59 Å². The molecule has 1 aliphatic carbocycles. The number of methoxy groups -OCH3 is 1. The molecular weight excluding hydrogens is 402 g/mol. The van der Waals surface area contributed by atoms with Crippen LogP contribution < -0.4 is 10.1 Å². The van der Waals surface area contributed by atoms with E-state index in [4.69, 9.17) is 9.47 Å². The Bertz CT molecular complexity index is 1200. The Balaban J connectivity index is 1.44. The number of para-hydroxylation sites is 1. The zero-order chi connectivity index (χ0) is 22.1. The van der Waals surface area contributed by atoms with Crippen molar-refractivity contribution in [2.75, 3.05) is 12.4 Å². The summed E-state index contributed by atoms with van der Waals surface area (Å²) in [7, 11) is 1.30. The second-order valence-corrected chi connectivity index (χ2v) is 8.07. The number of fused-ring (bicyclic) bond motifs is 3. The predicted octanol–water partition coefficient (Wildman–Crippen LogP) is 5.52. The summed E-state index contributed by atoms with van der Waals surface area (Å²) >= 11 is 0. The van der Waals surface area contributed by atoms with Crippen LogP contribution in [0.25, 0.3) is 0 Å². The van der Waals surface area contributed by atoms with Gasteiger partial charge < -0.3 is 14.8 Å². The Labute approximate surface area is 186 Å². The minimum absolute atomic E-state index is 0.183. The number of carbonyl (C=O) groups is 2. The summed E-state index contributed by atoms with van der Waals surface area (Å²) in [5, 5.41) is 3.68. The van der Waals surface area contributed by atoms with Crippen LogP contribution in [0.15, 0.2) is 84.9 Å². The molecule has 0 saturated carbocycles. The zero-order valence-electron chi connectivity index (χ0n) is 17.7. The van der Waals surface area contributed by atoms with Gasteiger partial charge in [0, 0.05) is 11.6 Å². The molecular formula is C27H23NO4. The molecule has 1 N–H and O–H groups in total. The molecule has 3 aromatic carbocycles. The summed E-state index contributed by atoms with van der Waals surface area (Å²) in [5.74, 6) is -0.257. The van der Waals surface area contributed by atoms with Gasteiger partial charge >= 0.3 is 11.9 Å². The van der Waals surface area contributed by atoms with Crippen LogP contribution in [-0.2, 0) is 4.74 Å². The Kier molecular flexibility index (Phi) is 5.23. The number of hydrogen-bond donors (Lipinski definition) is 1. The third-order valence-electron chi connectivity index (χ3n) is 6.25. The van der Waals surface area contributed by atoms with Crippen LogP contribution in [0.3, 0.4) is 0 Å². The second kappa shape index (κ2) is 8.35. The van der Waals surface area contributed by atoms with Crippen LogP contribution in [-0.4, -0.2) is 19.0 Å². The number of esters is 2. The molecule has 2 aliphatic rings. The summed E-state index contributed by atoms with van der Waals surface area (Å²) in [6.45, 7) is 0. The maximum absolute atomic E-state index is 12.9. The van der Waals surface area contributed by atoms with E-state index in [1.807, 2.05) is 18.2 Å². The summed E-state index contributed by atoms with van der Waals surface area (Å²) < 4.78 is 10.4. The third kappa shape index (κ3) is 3.56. The Morgan fingerprint density at radius 1 is 0.938 bits per heavy atom. The van der Waals surface area contributed by atoms with Crippen molar-refractivity contribution in [2.24, 2.45) is 5.92 Å². The van der Waals surface area contributed by atoms with Crippen LogP contribution in [0, 0.1) is 5.92 Å². The Morgan fingerprint density at radius 3 is 2.53 bits per heavy atom. The third-order valence-corrected chi connectivity index (χ3v) is 6.25. The molecule has 5 rings (SSSR count). The first-order valence-corrected chi connectivity index (χ1v) is 10.7. The molecule has 0 bridgehead atoms. The van der Waals surface area contributed by atoms with E-state index in [1.54, 1.807) is 30.3 Å². The molecule has 3 aromatic rings. The fourth-order valence-electron chi connectivity index (χ4n) is 4.70. The SMILES string of the molecule is COC(=O)c1ccccc1OC(=O)c1ccc2c(c1)[C@@H]1C=CC[C@@H]1[C@H](c1ccccc1)N2. The molecule has 0 radical (unpaired) electrons. The van der Waals surface area contributed by atoms with Gasteiger partial charge in [0.15, 0.2) is 0 Å². The minimum atomic E-state index is -0.547. The molecule has 0 fully saturated rings. The van der Waals surface area contributed by atoms with Gasteiger partial charge in [0.2, 0.25) is 0 Å². The van der Waals surface area contributed by atoms with Crippen LogP contribution in [0.4, 0.5) is 5.69 Å². The number of ether oxygens (including phenoxy) is 2. The van der Waals surface area contributed by atoms with Crippen molar-refractivity contribution >= 4 is 17.6 Å². The fourth-order valence-corrected chi connectivity index (χ4v) is 4.70. The average Bonchev–Trinajstić information content (AvgIpc) is 3.34. The molecule has 0 unspecified atom stereocenters. The number of benzene rings is 3. The quantitative estimate of drug-likeness (QED) is 0.339. The maximum atomic E-state index is 12.9. The number of rotatable bonds is 4. The van der Waals surface area contributed by atoms with E-state index >= 15 is 0 Å². The molecule has 0 amide bonds. The summed E-state index contributed by atoms with van der Waals surface area (Å²) in [5.41, 5.74) is 4.04. The van der Waals surface area contributed by atoms with Crippen molar-refractivity contribution in [3.63, 3.8) is 0 Å². The fraction of sp³-hybridized carbons (Fsp3) is 0.185. The molecule has 1 heterocycles. The number of nitrogens with one attached hydrogen (secondary N) is 1. The highest BCUT2D eigenvalue weighted by atomic mass is 16.5. The highest BCUT2D eigenvalue weighted by Crippen LogP contribution is 2.49. The molecule has 1 aliphatic heterocycles. The van der Waals surface area contributed by atoms with Crippen molar-refractivity contribution in [3.8, 4) is 5.75 Å². The molecule has 3 atom stereocenters. The van der Waals surface area contributed by atoms with E-state index in [-0.39, 0.29) is 23.3 Å². The van der Waals surface area contributed by atoms with E-state index < -0.39 is 11.9 Å². The van der Waals surface area contributed by atoms with Crippen LogP contribution >= 0.6 is 0 Å². The first-order chi connectivity index (χ1) is 15.7. The van der Waals surface area contributed by atoms with E-state index in [0.717, 1.165) is 17.7 Å². The first-order valence-electron chi connectivity index (χ1n) is 10.7. The van der Waals surface area contributed by atoms with Crippen molar-refractivity contribution in [3.05, 3.63) is 107 Å². The van der Waals surface area contributed by atoms with Crippen molar-refractivity contribution in [1.29, 1.82) is 0 Å². The van der Waals surface area contributed by atoms with Crippen molar-refractivity contribution < 1.29 is 19.1 Å². The van der Waals surface area contributed by atoms with Gasteiger partial charge in [-0.2, -0.15) is 0 Å². The van der Waals surface area contributed by atoms with Gasteiger partial charge in [-0.05, 0) is 53.8 Å². The molecule has 0 aromatic heterocycles. The first kappa shape index (κ1) is 20.1. The predicted molar refractivity (Wildman–Crippen MR) is 122 cm³/mol. The van der Waals surface area contributed by atoms with Gasteiger partial charge in [0.05, 0.1) is 18.7 Å². The lowest BCUT2D eigenvalue weighted by Gasteiger charge is -2.37. The van der Waals surface area contributed by atoms with Crippen molar-refractivity contribution in [2.45, 2.75) is 18.4 Å². The molecule has 5 heteroatoms. The zero-order valence-corrected chi connectivity index (χ0v) is 17.7. The molecule has 0 saturated heterocycles. The minimum Gasteiger partial charge on any atom is -0.465 e. The van der Waals surface area contributed by atoms with Crippen molar-refractivity contribution in [1.82, 2.24) is 0 Å². The second-order valence-electron chi connectivity index (χ2n) is 8.07. The van der Waals surface area contributed by atoms with E-state index in [9.17, 15) is 9.59 Å². The lowest BCUT2D eigenvalue weighted by Crippen LogP contribution is -2.29. The van der Waals surface area contributed by atoms with Crippen LogP contribution in [0.1, 0.15) is 50.2 Å². The average molecular weight is 425 g/mol. The van der Waals surface area contributed by atoms with Crippen LogP contribution in [0.5, 0.6) is 5.75 Å². The summed E-state index contributed by atoms with van der Waals surface area (Å²) in [6, 6.07) is 22.9. The highest BCUT2D eigenvalue weighted by molar-refractivity contribution is 5.96. The lowest BCUT2D eigenvalue weighted by atomic mass is 9.76. The number of carbonyl (C=O) groups excluding carboxylic acids is 2. The Hall–Kier alpha value is -3.86. The molecule has 32 heavy (non-hydrogen) atoms. The smallest absolute Gasteiger partial charge is 0.343 e. The lowest BCUT2D eigenvalue weighted by molar-refractivity contribution is 0.0593. The maximum Gasteiger partial charge on any atom is 0.343 e. The van der Waals surface area contributed by atoms with E-state index in [0.29, 0.717) is 11.5 Å². The van der Waals surface area contributed by atoms with Gasteiger partial charge in [-0.1, -0.05) is 54.6 Å². The van der Waals surface area contributed by atoms with Crippen LogP contribution in [0.2, 0.25) is 0 Å². The normalized spacial score (nSPS) is 20.6. The van der Waals surface area contributed by atoms with E-state index in [2.05, 4.69) is 41.7 Å². The number of anilines is 1. The Morgan fingerprint density at radius 2 is 1.72 bits per heavy atom. The van der Waals surface area contributed by atoms with Gasteiger partial charge in [0.25, 0.3) is 0 Å². The van der Waals surface area contributed by atoms with Gasteiger partial charge in [-0.15, -0.1) is 0 Å². The summed E-state index contributed by atoms with van der Waals surface area (Å²) in [4.78, 5) is 24.9. The van der Waals surface area contributed by atoms with Gasteiger partial charge in [-0.3, -0.25) is 0 Å². The number of allylic oxidation sites excluding steroid dienone is 2. The topological polar surface area (TPSA) is 64.6 Å². The molecule has 160 valence electrons. The largest absolute Gasteiger partial charge is 0.465 e.